The van der Waals surface area contributed by atoms with Gasteiger partial charge in [-0.1, -0.05) is 30.3 Å². The fourth-order valence-electron chi connectivity index (χ4n) is 2.73. The SMILES string of the molecule is CC(=O)Nc1ccc(NC(=O)c2ccc(OCCc3ccccc3)c(Br)c2)cc1. The van der Waals surface area contributed by atoms with Crippen molar-refractivity contribution in [2.24, 2.45) is 0 Å². The Kier molecular flexibility index (Phi) is 7.03. The topological polar surface area (TPSA) is 67.4 Å². The minimum atomic E-state index is -0.228. The highest BCUT2D eigenvalue weighted by Crippen LogP contribution is 2.27. The maximum absolute atomic E-state index is 12.5. The maximum Gasteiger partial charge on any atom is 0.255 e. The Morgan fingerprint density at radius 3 is 2.17 bits per heavy atom. The largest absolute Gasteiger partial charge is 0.492 e. The summed E-state index contributed by atoms with van der Waals surface area (Å²) >= 11 is 3.47. The monoisotopic (exact) mass is 452 g/mol. The van der Waals surface area contributed by atoms with Crippen molar-refractivity contribution in [3.05, 3.63) is 88.4 Å². The molecule has 29 heavy (non-hydrogen) atoms. The second-order valence-corrected chi connectivity index (χ2v) is 7.30. The van der Waals surface area contributed by atoms with Crippen LogP contribution < -0.4 is 15.4 Å². The van der Waals surface area contributed by atoms with Gasteiger partial charge in [-0.05, 0) is 64.0 Å². The predicted octanol–water partition coefficient (Wildman–Crippen LogP) is 5.28. The Morgan fingerprint density at radius 1 is 0.897 bits per heavy atom. The number of amides is 2. The highest BCUT2D eigenvalue weighted by molar-refractivity contribution is 9.10. The zero-order chi connectivity index (χ0) is 20.6. The minimum Gasteiger partial charge on any atom is -0.492 e. The highest BCUT2D eigenvalue weighted by atomic mass is 79.9. The van der Waals surface area contributed by atoms with Gasteiger partial charge in [-0.2, -0.15) is 0 Å². The van der Waals surface area contributed by atoms with Crippen molar-refractivity contribution in [1.82, 2.24) is 0 Å². The molecule has 0 saturated heterocycles. The molecule has 3 aromatic carbocycles. The fraction of sp³-hybridized carbons (Fsp3) is 0.130. The van der Waals surface area contributed by atoms with Crippen LogP contribution in [0.4, 0.5) is 11.4 Å². The summed E-state index contributed by atoms with van der Waals surface area (Å²) in [6.45, 7) is 2.00. The van der Waals surface area contributed by atoms with Gasteiger partial charge in [0.2, 0.25) is 5.91 Å². The molecule has 0 bridgehead atoms. The van der Waals surface area contributed by atoms with Crippen molar-refractivity contribution >= 4 is 39.1 Å². The van der Waals surface area contributed by atoms with Crippen LogP contribution in [0.5, 0.6) is 5.75 Å². The summed E-state index contributed by atoms with van der Waals surface area (Å²) < 4.78 is 6.55. The molecule has 0 atom stereocenters. The van der Waals surface area contributed by atoms with Gasteiger partial charge in [-0.15, -0.1) is 0 Å². The molecule has 0 aliphatic rings. The van der Waals surface area contributed by atoms with Crippen LogP contribution in [0.1, 0.15) is 22.8 Å². The van der Waals surface area contributed by atoms with E-state index in [9.17, 15) is 9.59 Å². The summed E-state index contributed by atoms with van der Waals surface area (Å²) in [5.41, 5.74) is 3.04. The van der Waals surface area contributed by atoms with Gasteiger partial charge in [0, 0.05) is 30.3 Å². The Bertz CT molecular complexity index is 989. The Labute approximate surface area is 178 Å². The number of hydrogen-bond donors (Lipinski definition) is 2. The lowest BCUT2D eigenvalue weighted by atomic mass is 10.1. The van der Waals surface area contributed by atoms with E-state index in [-0.39, 0.29) is 11.8 Å². The quantitative estimate of drug-likeness (QED) is 0.512. The van der Waals surface area contributed by atoms with Crippen molar-refractivity contribution in [2.45, 2.75) is 13.3 Å². The number of benzene rings is 3. The first-order valence-electron chi connectivity index (χ1n) is 9.16. The van der Waals surface area contributed by atoms with Crippen LogP contribution in [0, 0.1) is 0 Å². The number of anilines is 2. The van der Waals surface area contributed by atoms with Gasteiger partial charge in [0.15, 0.2) is 0 Å². The molecule has 6 heteroatoms. The van der Waals surface area contributed by atoms with E-state index in [2.05, 4.69) is 38.7 Å². The van der Waals surface area contributed by atoms with E-state index in [0.29, 0.717) is 29.3 Å². The zero-order valence-corrected chi connectivity index (χ0v) is 17.5. The maximum atomic E-state index is 12.5. The second-order valence-electron chi connectivity index (χ2n) is 6.44. The molecule has 0 fully saturated rings. The third kappa shape index (κ3) is 6.19. The molecule has 0 heterocycles. The molecule has 2 amide bonds. The van der Waals surface area contributed by atoms with E-state index in [4.69, 9.17) is 4.74 Å². The number of hydrogen-bond acceptors (Lipinski definition) is 3. The van der Waals surface area contributed by atoms with Crippen LogP contribution in [0.25, 0.3) is 0 Å². The number of ether oxygens (including phenoxy) is 1. The van der Waals surface area contributed by atoms with Crippen LogP contribution in [-0.2, 0) is 11.2 Å². The molecule has 0 spiro atoms. The van der Waals surface area contributed by atoms with E-state index < -0.39 is 0 Å². The number of nitrogens with one attached hydrogen (secondary N) is 2. The molecule has 2 N–H and O–H groups in total. The lowest BCUT2D eigenvalue weighted by Gasteiger charge is -2.11. The van der Waals surface area contributed by atoms with Crippen LogP contribution in [0.3, 0.4) is 0 Å². The van der Waals surface area contributed by atoms with Crippen molar-refractivity contribution in [2.75, 3.05) is 17.2 Å². The Balaban J connectivity index is 1.57. The first-order valence-corrected chi connectivity index (χ1v) is 9.96. The number of carbonyl (C=O) groups is 2. The van der Waals surface area contributed by atoms with E-state index >= 15 is 0 Å². The standard InChI is InChI=1S/C23H21BrN2O3/c1-16(27)25-19-8-10-20(11-9-19)26-23(28)18-7-12-22(21(24)15-18)29-14-13-17-5-3-2-4-6-17/h2-12,15H,13-14H2,1H3,(H,25,27)(H,26,28). The van der Waals surface area contributed by atoms with Crippen LogP contribution in [0.15, 0.2) is 77.3 Å². The first kappa shape index (κ1) is 20.6. The first-order chi connectivity index (χ1) is 14.0. The number of halogens is 1. The van der Waals surface area contributed by atoms with Gasteiger partial charge in [-0.25, -0.2) is 0 Å². The molecule has 0 unspecified atom stereocenters. The summed E-state index contributed by atoms with van der Waals surface area (Å²) in [6.07, 6.45) is 0.810. The molecular formula is C23H21BrN2O3. The number of rotatable bonds is 7. The van der Waals surface area contributed by atoms with Crippen molar-refractivity contribution in [1.29, 1.82) is 0 Å². The fourth-order valence-corrected chi connectivity index (χ4v) is 3.22. The van der Waals surface area contributed by atoms with Gasteiger partial charge >= 0.3 is 0 Å². The molecule has 3 aromatic rings. The van der Waals surface area contributed by atoms with E-state index in [1.807, 2.05) is 18.2 Å². The Morgan fingerprint density at radius 2 is 1.55 bits per heavy atom. The minimum absolute atomic E-state index is 0.141. The molecule has 0 radical (unpaired) electrons. The van der Waals surface area contributed by atoms with Gasteiger partial charge in [0.1, 0.15) is 5.75 Å². The van der Waals surface area contributed by atoms with Gasteiger partial charge in [0.25, 0.3) is 5.91 Å². The molecule has 5 nitrogen and oxygen atoms in total. The van der Waals surface area contributed by atoms with Crippen LogP contribution in [-0.4, -0.2) is 18.4 Å². The van der Waals surface area contributed by atoms with Gasteiger partial charge in [-0.3, -0.25) is 9.59 Å². The molecule has 0 aliphatic carbocycles. The van der Waals surface area contributed by atoms with Crippen molar-refractivity contribution in [3.8, 4) is 5.75 Å². The number of carbonyl (C=O) groups excluding carboxylic acids is 2. The summed E-state index contributed by atoms with van der Waals surface area (Å²) in [6, 6.07) is 22.3. The van der Waals surface area contributed by atoms with Crippen molar-refractivity contribution < 1.29 is 14.3 Å². The second kappa shape index (κ2) is 9.89. The average Bonchev–Trinajstić information content (AvgIpc) is 2.71. The molecule has 3 rings (SSSR count). The summed E-state index contributed by atoms with van der Waals surface area (Å²) in [7, 11) is 0. The Hall–Kier alpha value is -3.12. The smallest absolute Gasteiger partial charge is 0.255 e. The normalized spacial score (nSPS) is 10.3. The summed E-state index contributed by atoms with van der Waals surface area (Å²) in [5.74, 6) is 0.323. The molecular weight excluding hydrogens is 432 g/mol. The average molecular weight is 453 g/mol. The predicted molar refractivity (Wildman–Crippen MR) is 118 cm³/mol. The van der Waals surface area contributed by atoms with Gasteiger partial charge in [0.05, 0.1) is 11.1 Å². The van der Waals surface area contributed by atoms with Crippen LogP contribution >= 0.6 is 15.9 Å². The lowest BCUT2D eigenvalue weighted by molar-refractivity contribution is -0.114. The lowest BCUT2D eigenvalue weighted by Crippen LogP contribution is -2.12. The van der Waals surface area contributed by atoms with Crippen molar-refractivity contribution in [3.63, 3.8) is 0 Å². The van der Waals surface area contributed by atoms with Crippen LogP contribution in [0.2, 0.25) is 0 Å². The third-order valence-corrected chi connectivity index (χ3v) is 4.77. The summed E-state index contributed by atoms with van der Waals surface area (Å²) in [5, 5.41) is 5.52. The van der Waals surface area contributed by atoms with E-state index in [1.54, 1.807) is 42.5 Å². The zero-order valence-electron chi connectivity index (χ0n) is 15.9. The molecule has 0 saturated carbocycles. The molecule has 0 aromatic heterocycles. The summed E-state index contributed by atoms with van der Waals surface area (Å²) in [4.78, 5) is 23.6. The van der Waals surface area contributed by atoms with E-state index in [1.165, 1.54) is 12.5 Å². The third-order valence-electron chi connectivity index (χ3n) is 4.15. The highest BCUT2D eigenvalue weighted by Gasteiger charge is 2.10. The van der Waals surface area contributed by atoms with E-state index in [0.717, 1.165) is 10.9 Å². The van der Waals surface area contributed by atoms with Gasteiger partial charge < -0.3 is 15.4 Å². The molecule has 148 valence electrons. The molecule has 0 aliphatic heterocycles.